The number of benzene rings is 2. The highest BCUT2D eigenvalue weighted by molar-refractivity contribution is 6.11. The predicted molar refractivity (Wildman–Crippen MR) is 120 cm³/mol. The van der Waals surface area contributed by atoms with Gasteiger partial charge in [-0.3, -0.25) is 4.79 Å². The van der Waals surface area contributed by atoms with Gasteiger partial charge in [0.05, 0.1) is 26.4 Å². The van der Waals surface area contributed by atoms with Gasteiger partial charge in [0.1, 0.15) is 17.1 Å². The van der Waals surface area contributed by atoms with E-state index in [9.17, 15) is 14.4 Å². The summed E-state index contributed by atoms with van der Waals surface area (Å²) >= 11 is 0. The monoisotopic (exact) mass is 442 g/mol. The molecule has 164 valence electrons. The van der Waals surface area contributed by atoms with Crippen molar-refractivity contribution in [1.82, 2.24) is 14.5 Å². The smallest absolute Gasteiger partial charge is 0.445 e. The molecule has 33 heavy (non-hydrogen) atoms. The number of hydrogen-bond donors (Lipinski definition) is 0. The summed E-state index contributed by atoms with van der Waals surface area (Å²) in [5.74, 6) is 0.0277. The number of carbonyl (C=O) groups is 3. The van der Waals surface area contributed by atoms with Crippen LogP contribution in [0.2, 0.25) is 0 Å². The molecule has 0 fully saturated rings. The van der Waals surface area contributed by atoms with Crippen LogP contribution >= 0.6 is 0 Å². The number of esters is 1. The summed E-state index contributed by atoms with van der Waals surface area (Å²) in [6.07, 6.45) is 0. The molecule has 3 aromatic rings. The minimum absolute atomic E-state index is 0.256. The molecule has 0 N–H and O–H groups in total. The lowest BCUT2D eigenvalue weighted by atomic mass is 9.96. The molecular weight excluding hydrogens is 422 g/mol. The van der Waals surface area contributed by atoms with Crippen LogP contribution in [0.5, 0.6) is 5.75 Å². The van der Waals surface area contributed by atoms with Crippen LogP contribution in [0.25, 0.3) is 28.1 Å². The van der Waals surface area contributed by atoms with E-state index in [1.54, 1.807) is 26.3 Å². The molecule has 1 aromatic heterocycles. The second-order valence-electron chi connectivity index (χ2n) is 7.81. The zero-order chi connectivity index (χ0) is 23.4. The molecule has 8 heteroatoms. The normalized spacial score (nSPS) is 14.1. The molecule has 0 unspecified atom stereocenters. The Bertz CT molecular complexity index is 1510. The van der Waals surface area contributed by atoms with Gasteiger partial charge >= 0.3 is 17.9 Å². The van der Waals surface area contributed by atoms with E-state index in [4.69, 9.17) is 14.5 Å². The second kappa shape index (κ2) is 7.37. The number of urea groups is 1. The Balaban J connectivity index is 2.03. The Morgan fingerprint density at radius 1 is 1.00 bits per heavy atom. The van der Waals surface area contributed by atoms with Crippen LogP contribution in [0.15, 0.2) is 48.5 Å². The standard InChI is InChI=1S/C25H20N3O5/c1-13(29)33-22-17-8-6-5-7-16(17)21-19(22)18(14-9-11-15(32-4)12-10-14)20-23(26-21)27(2)25(31)28(3)24(20)30/h5-12H,1-4H3/q+1. The van der Waals surface area contributed by atoms with E-state index in [2.05, 4.69) is 0 Å². The van der Waals surface area contributed by atoms with Crippen molar-refractivity contribution >= 4 is 23.7 Å². The first-order chi connectivity index (χ1) is 15.8. The van der Waals surface area contributed by atoms with E-state index in [0.29, 0.717) is 39.1 Å². The first-order valence-electron chi connectivity index (χ1n) is 10.3. The number of hydrogen-bond acceptors (Lipinski definition) is 6. The third-order valence-electron chi connectivity index (χ3n) is 5.87. The SMILES string of the molecule is COc1ccc(-c2c3c(nc4c2=C(OC(C)=O)c2ccccc2-4)=[N+](C)C(=O)N(C)C3=O)cc1. The number of rotatable bonds is 3. The molecule has 1 aliphatic carbocycles. The molecule has 0 saturated carbocycles. The van der Waals surface area contributed by atoms with Crippen LogP contribution in [-0.4, -0.2) is 49.0 Å². The van der Waals surface area contributed by atoms with Crippen LogP contribution in [0.1, 0.15) is 22.8 Å². The third-order valence-corrected chi connectivity index (χ3v) is 5.87. The maximum absolute atomic E-state index is 13.4. The number of nitrogens with zero attached hydrogens (tertiary/aromatic N) is 3. The van der Waals surface area contributed by atoms with Gasteiger partial charge in [-0.2, -0.15) is 9.48 Å². The molecule has 3 amide bonds. The van der Waals surface area contributed by atoms with Crippen molar-refractivity contribution in [2.24, 2.45) is 0 Å². The van der Waals surface area contributed by atoms with Gasteiger partial charge in [-0.05, 0) is 17.7 Å². The van der Waals surface area contributed by atoms with Crippen molar-refractivity contribution < 1.29 is 23.9 Å². The molecule has 0 atom stereocenters. The molecule has 0 saturated heterocycles. The van der Waals surface area contributed by atoms with E-state index in [1.165, 1.54) is 18.5 Å². The zero-order valence-corrected chi connectivity index (χ0v) is 18.5. The van der Waals surface area contributed by atoms with Gasteiger partial charge < -0.3 is 9.47 Å². The lowest BCUT2D eigenvalue weighted by Gasteiger charge is -2.19. The first-order valence-corrected chi connectivity index (χ1v) is 10.3. The van der Waals surface area contributed by atoms with E-state index in [1.807, 2.05) is 36.4 Å². The number of methoxy groups -OCH3 is 1. The Labute approximate surface area is 189 Å². The Hall–Kier alpha value is -4.33. The first kappa shape index (κ1) is 20.6. The summed E-state index contributed by atoms with van der Waals surface area (Å²) in [6, 6.07) is 14.2. The van der Waals surface area contributed by atoms with Gasteiger partial charge in [0, 0.05) is 23.6 Å². The van der Waals surface area contributed by atoms with Gasteiger partial charge in [-0.25, -0.2) is 9.59 Å². The van der Waals surface area contributed by atoms with Crippen molar-refractivity contribution in [3.63, 3.8) is 0 Å². The summed E-state index contributed by atoms with van der Waals surface area (Å²) in [7, 11) is 4.59. The molecule has 2 aromatic carbocycles. The number of ether oxygens (including phenoxy) is 2. The third kappa shape index (κ3) is 2.95. The van der Waals surface area contributed by atoms with Crippen LogP contribution in [0, 0.1) is 0 Å². The Morgan fingerprint density at radius 2 is 1.67 bits per heavy atom. The van der Waals surface area contributed by atoms with E-state index in [-0.39, 0.29) is 11.1 Å². The Kier molecular flexibility index (Phi) is 4.59. The maximum atomic E-state index is 13.4. The summed E-state index contributed by atoms with van der Waals surface area (Å²) in [4.78, 5) is 43.9. The number of fused-ring (bicyclic) bond motifs is 4. The lowest BCUT2D eigenvalue weighted by Crippen LogP contribution is -2.54. The quantitative estimate of drug-likeness (QED) is 0.454. The topological polar surface area (TPSA) is 88.8 Å². The molecule has 8 nitrogen and oxygen atoms in total. The second-order valence-corrected chi connectivity index (χ2v) is 7.81. The van der Waals surface area contributed by atoms with Crippen molar-refractivity contribution in [3.05, 3.63) is 70.4 Å². The highest BCUT2D eigenvalue weighted by Gasteiger charge is 2.41. The van der Waals surface area contributed by atoms with E-state index < -0.39 is 17.9 Å². The summed E-state index contributed by atoms with van der Waals surface area (Å²) in [5.41, 5.74) is 3.76. The summed E-state index contributed by atoms with van der Waals surface area (Å²) in [5, 5.41) is 0.541. The predicted octanol–water partition coefficient (Wildman–Crippen LogP) is 1.78. The Morgan fingerprint density at radius 3 is 2.30 bits per heavy atom. The number of carbonyl (C=O) groups excluding carboxylic acids is 3. The average molecular weight is 442 g/mol. The average Bonchev–Trinajstić information content (AvgIpc) is 3.13. The zero-order valence-electron chi connectivity index (χ0n) is 18.5. The number of amides is 3. The molecule has 2 aliphatic rings. The minimum Gasteiger partial charge on any atom is -0.497 e. The number of pyridine rings is 1. The van der Waals surface area contributed by atoms with Crippen LogP contribution in [0.3, 0.4) is 0 Å². The van der Waals surface area contributed by atoms with Gasteiger partial charge in [0.25, 0.3) is 5.49 Å². The fourth-order valence-electron chi connectivity index (χ4n) is 4.32. The highest BCUT2D eigenvalue weighted by Crippen LogP contribution is 2.35. The van der Waals surface area contributed by atoms with Gasteiger partial charge in [0.15, 0.2) is 5.69 Å². The molecule has 0 bridgehead atoms. The summed E-state index contributed by atoms with van der Waals surface area (Å²) in [6.45, 7) is 1.33. The van der Waals surface area contributed by atoms with Crippen molar-refractivity contribution in [2.45, 2.75) is 6.92 Å². The summed E-state index contributed by atoms with van der Waals surface area (Å²) < 4.78 is 12.3. The van der Waals surface area contributed by atoms with Gasteiger partial charge in [-0.1, -0.05) is 36.4 Å². The lowest BCUT2D eigenvalue weighted by molar-refractivity contribution is -0.134. The maximum Gasteiger partial charge on any atom is 0.445 e. The van der Waals surface area contributed by atoms with Crippen LogP contribution < -0.4 is 20.0 Å². The fraction of sp³-hybridized carbons (Fsp3) is 0.160. The molecule has 0 spiro atoms. The fourth-order valence-corrected chi connectivity index (χ4v) is 4.32. The van der Waals surface area contributed by atoms with Crippen molar-refractivity contribution in [1.29, 1.82) is 0 Å². The highest BCUT2D eigenvalue weighted by atomic mass is 16.5. The van der Waals surface area contributed by atoms with Crippen molar-refractivity contribution in [3.8, 4) is 28.1 Å². The molecular formula is C25H20N3O5+. The number of aromatic nitrogens is 1. The van der Waals surface area contributed by atoms with E-state index in [0.717, 1.165) is 10.5 Å². The van der Waals surface area contributed by atoms with Gasteiger partial charge in [0.2, 0.25) is 0 Å². The van der Waals surface area contributed by atoms with Crippen LogP contribution in [-0.2, 0) is 9.53 Å². The molecule has 0 radical (unpaired) electrons. The molecule has 2 heterocycles. The van der Waals surface area contributed by atoms with E-state index >= 15 is 0 Å². The largest absolute Gasteiger partial charge is 0.497 e. The molecule has 5 rings (SSSR count). The number of imide groups is 1. The van der Waals surface area contributed by atoms with Crippen LogP contribution in [0.4, 0.5) is 4.79 Å². The molecule has 1 aliphatic heterocycles. The minimum atomic E-state index is -0.484. The van der Waals surface area contributed by atoms with Crippen molar-refractivity contribution in [2.75, 3.05) is 21.2 Å². The van der Waals surface area contributed by atoms with Gasteiger partial charge in [-0.15, -0.1) is 4.98 Å².